The van der Waals surface area contributed by atoms with Crippen LogP contribution >= 0.6 is 0 Å². The molecule has 0 radical (unpaired) electrons. The minimum Gasteiger partial charge on any atom is -0.493 e. The second-order valence-corrected chi connectivity index (χ2v) is 6.80. The first-order valence-electron chi connectivity index (χ1n) is 8.61. The second kappa shape index (κ2) is 6.86. The monoisotopic (exact) mass is 345 g/mol. The Hall–Kier alpha value is -2.37. The first-order valence-corrected chi connectivity index (χ1v) is 8.61. The topological polar surface area (TPSA) is 72.9 Å². The molecule has 1 aliphatic carbocycles. The predicted molar refractivity (Wildman–Crippen MR) is 90.7 cm³/mol. The number of carbonyl (C=O) groups is 3. The van der Waals surface area contributed by atoms with Gasteiger partial charge in [0.1, 0.15) is 0 Å². The lowest BCUT2D eigenvalue weighted by molar-refractivity contribution is -0.141. The highest BCUT2D eigenvalue weighted by Crippen LogP contribution is 2.45. The summed E-state index contributed by atoms with van der Waals surface area (Å²) in [6.45, 7) is -0.213. The summed E-state index contributed by atoms with van der Waals surface area (Å²) in [7, 11) is 3.01. The number of Topliss-reactive ketones (excluding diaryl/α,β-unsaturated/α-hetero) is 1. The largest absolute Gasteiger partial charge is 0.493 e. The van der Waals surface area contributed by atoms with Gasteiger partial charge in [-0.05, 0) is 31.0 Å². The molecular formula is C19H23NO5. The number of carbonyl (C=O) groups excluding carboxylic acids is 3. The number of ketones is 1. The van der Waals surface area contributed by atoms with E-state index in [9.17, 15) is 14.4 Å². The Kier molecular flexibility index (Phi) is 4.79. The number of rotatable bonds is 5. The molecule has 0 unspecified atom stereocenters. The van der Waals surface area contributed by atoms with Crippen molar-refractivity contribution >= 4 is 17.6 Å². The summed E-state index contributed by atoms with van der Waals surface area (Å²) in [5.74, 6) is 0.270. The van der Waals surface area contributed by atoms with E-state index in [1.807, 2.05) is 0 Å². The van der Waals surface area contributed by atoms with Crippen molar-refractivity contribution in [3.63, 3.8) is 0 Å². The van der Waals surface area contributed by atoms with Gasteiger partial charge < -0.3 is 9.47 Å². The van der Waals surface area contributed by atoms with Crippen LogP contribution in [0.1, 0.15) is 48.9 Å². The normalized spacial score (nSPS) is 19.4. The van der Waals surface area contributed by atoms with Crippen LogP contribution < -0.4 is 9.47 Å². The van der Waals surface area contributed by atoms with E-state index in [2.05, 4.69) is 0 Å². The number of benzene rings is 1. The van der Waals surface area contributed by atoms with Crippen LogP contribution in [-0.4, -0.2) is 43.3 Å². The van der Waals surface area contributed by atoms with E-state index in [4.69, 9.17) is 9.47 Å². The zero-order valence-electron chi connectivity index (χ0n) is 14.7. The Morgan fingerprint density at radius 3 is 2.40 bits per heavy atom. The van der Waals surface area contributed by atoms with Crippen molar-refractivity contribution < 1.29 is 23.9 Å². The number of hydrogen-bond donors (Lipinski definition) is 0. The van der Waals surface area contributed by atoms with Crippen LogP contribution in [0.4, 0.5) is 0 Å². The molecule has 0 aromatic heterocycles. The molecule has 6 nitrogen and oxygen atoms in total. The quantitative estimate of drug-likeness (QED) is 0.606. The molecule has 2 aliphatic rings. The van der Waals surface area contributed by atoms with Gasteiger partial charge in [-0.1, -0.05) is 19.3 Å². The van der Waals surface area contributed by atoms with E-state index in [0.717, 1.165) is 37.0 Å². The summed E-state index contributed by atoms with van der Waals surface area (Å²) in [5, 5.41) is 0. The number of nitrogens with zero attached hydrogens (tertiary/aromatic N) is 1. The molecule has 3 rings (SSSR count). The van der Waals surface area contributed by atoms with Crippen LogP contribution in [0.5, 0.6) is 11.5 Å². The van der Waals surface area contributed by atoms with Gasteiger partial charge in [-0.3, -0.25) is 19.3 Å². The standard InChI is InChI=1S/C19H23NO5/c1-24-15-7-6-13(10-16(15)25-2)14(21)12-20-17(22)11-19(18(20)23)8-4-3-5-9-19/h6-7,10H,3-5,8-9,11-12H2,1-2H3. The van der Waals surface area contributed by atoms with Crippen LogP contribution in [0.15, 0.2) is 18.2 Å². The first-order chi connectivity index (χ1) is 12.0. The molecule has 1 heterocycles. The maximum Gasteiger partial charge on any atom is 0.236 e. The third-order valence-electron chi connectivity index (χ3n) is 5.31. The fourth-order valence-electron chi connectivity index (χ4n) is 3.88. The van der Waals surface area contributed by atoms with Gasteiger partial charge in [-0.25, -0.2) is 0 Å². The van der Waals surface area contributed by atoms with E-state index < -0.39 is 5.41 Å². The molecule has 6 heteroatoms. The Labute approximate surface area is 147 Å². The summed E-state index contributed by atoms with van der Waals surface area (Å²) < 4.78 is 10.4. The molecule has 0 bridgehead atoms. The Bertz CT molecular complexity index is 706. The Balaban J connectivity index is 1.77. The minimum atomic E-state index is -0.562. The summed E-state index contributed by atoms with van der Waals surface area (Å²) in [6, 6.07) is 4.83. The fourth-order valence-corrected chi connectivity index (χ4v) is 3.88. The Morgan fingerprint density at radius 1 is 1.08 bits per heavy atom. The third kappa shape index (κ3) is 3.13. The Morgan fingerprint density at radius 2 is 1.76 bits per heavy atom. The number of hydrogen-bond acceptors (Lipinski definition) is 5. The average Bonchev–Trinajstić information content (AvgIpc) is 2.85. The fraction of sp³-hybridized carbons (Fsp3) is 0.526. The molecule has 1 saturated heterocycles. The van der Waals surface area contributed by atoms with Crippen LogP contribution in [0, 0.1) is 5.41 Å². The number of likely N-dealkylation sites (tertiary alicyclic amines) is 1. The number of ether oxygens (including phenoxy) is 2. The third-order valence-corrected chi connectivity index (χ3v) is 5.31. The number of amides is 2. The zero-order chi connectivity index (χ0) is 18.0. The highest BCUT2D eigenvalue weighted by molar-refractivity contribution is 6.10. The van der Waals surface area contributed by atoms with Gasteiger partial charge in [0.15, 0.2) is 17.3 Å². The lowest BCUT2D eigenvalue weighted by Crippen LogP contribution is -2.39. The second-order valence-electron chi connectivity index (χ2n) is 6.80. The van der Waals surface area contributed by atoms with Crippen molar-refractivity contribution in [3.8, 4) is 11.5 Å². The zero-order valence-corrected chi connectivity index (χ0v) is 14.7. The summed E-state index contributed by atoms with van der Waals surface area (Å²) in [4.78, 5) is 38.9. The van der Waals surface area contributed by atoms with Crippen molar-refractivity contribution in [1.29, 1.82) is 0 Å². The summed E-state index contributed by atoms with van der Waals surface area (Å²) in [5.41, 5.74) is -0.171. The molecule has 2 fully saturated rings. The minimum absolute atomic E-state index is 0.175. The van der Waals surface area contributed by atoms with Crippen LogP contribution in [0.3, 0.4) is 0 Å². The molecule has 0 N–H and O–H groups in total. The molecule has 1 aromatic carbocycles. The smallest absolute Gasteiger partial charge is 0.236 e. The molecule has 2 amide bonds. The van der Waals surface area contributed by atoms with Gasteiger partial charge in [0, 0.05) is 12.0 Å². The highest BCUT2D eigenvalue weighted by atomic mass is 16.5. The summed E-state index contributed by atoms with van der Waals surface area (Å²) in [6.07, 6.45) is 4.78. The van der Waals surface area contributed by atoms with E-state index in [1.165, 1.54) is 14.2 Å². The maximum absolute atomic E-state index is 12.8. The van der Waals surface area contributed by atoms with E-state index in [0.29, 0.717) is 17.1 Å². The van der Waals surface area contributed by atoms with Gasteiger partial charge in [0.05, 0.1) is 26.2 Å². The van der Waals surface area contributed by atoms with E-state index in [-0.39, 0.29) is 30.6 Å². The van der Waals surface area contributed by atoms with Gasteiger partial charge in [-0.2, -0.15) is 0 Å². The molecule has 1 aromatic rings. The summed E-state index contributed by atoms with van der Waals surface area (Å²) >= 11 is 0. The first kappa shape index (κ1) is 17.5. The lowest BCUT2D eigenvalue weighted by atomic mass is 9.73. The molecule has 0 atom stereocenters. The van der Waals surface area contributed by atoms with Gasteiger partial charge in [0.25, 0.3) is 0 Å². The van der Waals surface area contributed by atoms with Crippen LogP contribution in [-0.2, 0) is 9.59 Å². The average molecular weight is 345 g/mol. The molecule has 1 saturated carbocycles. The van der Waals surface area contributed by atoms with Crippen LogP contribution in [0.25, 0.3) is 0 Å². The van der Waals surface area contributed by atoms with E-state index >= 15 is 0 Å². The maximum atomic E-state index is 12.8. The van der Waals surface area contributed by atoms with E-state index in [1.54, 1.807) is 18.2 Å². The molecule has 134 valence electrons. The predicted octanol–water partition coefficient (Wildman–Crippen LogP) is 2.60. The lowest BCUT2D eigenvalue weighted by Gasteiger charge is -2.30. The van der Waals surface area contributed by atoms with Gasteiger partial charge in [0.2, 0.25) is 11.8 Å². The van der Waals surface area contributed by atoms with Crippen molar-refractivity contribution in [1.82, 2.24) is 4.90 Å². The molecule has 25 heavy (non-hydrogen) atoms. The number of methoxy groups -OCH3 is 2. The molecule has 1 aliphatic heterocycles. The van der Waals surface area contributed by atoms with Crippen molar-refractivity contribution in [2.75, 3.05) is 20.8 Å². The molecule has 1 spiro atoms. The van der Waals surface area contributed by atoms with Crippen molar-refractivity contribution in [3.05, 3.63) is 23.8 Å². The highest BCUT2D eigenvalue weighted by Gasteiger charge is 2.51. The molecular weight excluding hydrogens is 322 g/mol. The van der Waals surface area contributed by atoms with Crippen molar-refractivity contribution in [2.24, 2.45) is 5.41 Å². The van der Waals surface area contributed by atoms with Gasteiger partial charge in [-0.15, -0.1) is 0 Å². The van der Waals surface area contributed by atoms with Gasteiger partial charge >= 0.3 is 0 Å². The SMILES string of the molecule is COc1ccc(C(=O)CN2C(=O)CC3(CCCCC3)C2=O)cc1OC. The number of imide groups is 1. The van der Waals surface area contributed by atoms with Crippen LogP contribution in [0.2, 0.25) is 0 Å². The van der Waals surface area contributed by atoms with Crippen molar-refractivity contribution in [2.45, 2.75) is 38.5 Å².